The molecular formula is C20H21N3O2. The molecule has 25 heavy (non-hydrogen) atoms. The van der Waals surface area contributed by atoms with E-state index in [9.17, 15) is 4.79 Å². The van der Waals surface area contributed by atoms with Gasteiger partial charge in [0, 0.05) is 49.8 Å². The Morgan fingerprint density at radius 1 is 1.24 bits per heavy atom. The smallest absolute Gasteiger partial charge is 0.220 e. The van der Waals surface area contributed by atoms with Gasteiger partial charge in [-0.1, -0.05) is 30.3 Å². The van der Waals surface area contributed by atoms with E-state index in [1.165, 1.54) is 0 Å². The maximum Gasteiger partial charge on any atom is 0.220 e. The summed E-state index contributed by atoms with van der Waals surface area (Å²) in [7, 11) is 0. The Bertz CT molecular complexity index is 851. The lowest BCUT2D eigenvalue weighted by Gasteiger charge is -2.24. The quantitative estimate of drug-likeness (QED) is 0.779. The van der Waals surface area contributed by atoms with Gasteiger partial charge in [-0.2, -0.15) is 0 Å². The highest BCUT2D eigenvalue weighted by Crippen LogP contribution is 2.22. The Kier molecular flexibility index (Phi) is 4.37. The summed E-state index contributed by atoms with van der Waals surface area (Å²) in [5, 5.41) is 3.13. The van der Waals surface area contributed by atoms with Crippen LogP contribution in [0.15, 0.2) is 59.3 Å². The van der Waals surface area contributed by atoms with Crippen LogP contribution in [0.25, 0.3) is 11.3 Å². The molecule has 2 aromatic heterocycles. The lowest BCUT2D eigenvalue weighted by molar-refractivity contribution is -0.122. The number of benzene rings is 1. The van der Waals surface area contributed by atoms with Gasteiger partial charge >= 0.3 is 0 Å². The molecule has 128 valence electrons. The summed E-state index contributed by atoms with van der Waals surface area (Å²) < 4.78 is 7.97. The van der Waals surface area contributed by atoms with E-state index in [1.807, 2.05) is 54.9 Å². The Balaban J connectivity index is 1.29. The molecule has 1 aromatic carbocycles. The van der Waals surface area contributed by atoms with E-state index in [1.54, 1.807) is 0 Å². The van der Waals surface area contributed by atoms with Crippen molar-refractivity contribution in [1.82, 2.24) is 14.9 Å². The molecule has 1 aliphatic rings. The van der Waals surface area contributed by atoms with Gasteiger partial charge in [-0.15, -0.1) is 0 Å². The zero-order valence-corrected chi connectivity index (χ0v) is 14.0. The molecule has 1 atom stereocenters. The Hall–Kier alpha value is -2.82. The number of hydrogen-bond donors (Lipinski definition) is 1. The lowest BCUT2D eigenvalue weighted by Crippen LogP contribution is -2.40. The van der Waals surface area contributed by atoms with E-state index in [0.717, 1.165) is 42.3 Å². The van der Waals surface area contributed by atoms with Crippen LogP contribution in [0.2, 0.25) is 0 Å². The fourth-order valence-electron chi connectivity index (χ4n) is 3.29. The molecule has 3 aromatic rings. The number of amides is 1. The van der Waals surface area contributed by atoms with Gasteiger partial charge in [0.15, 0.2) is 0 Å². The second kappa shape index (κ2) is 6.97. The Morgan fingerprint density at radius 2 is 2.12 bits per heavy atom. The van der Waals surface area contributed by atoms with Crippen LogP contribution >= 0.6 is 0 Å². The van der Waals surface area contributed by atoms with Crippen LogP contribution < -0.4 is 5.32 Å². The number of carbonyl (C=O) groups excluding carboxylic acids is 1. The number of aryl methyl sites for hydroxylation is 2. The van der Waals surface area contributed by atoms with Crippen LogP contribution in [0, 0.1) is 0 Å². The van der Waals surface area contributed by atoms with E-state index in [2.05, 4.69) is 14.9 Å². The first kappa shape index (κ1) is 15.7. The van der Waals surface area contributed by atoms with Crippen molar-refractivity contribution in [3.63, 3.8) is 0 Å². The molecule has 0 spiro atoms. The van der Waals surface area contributed by atoms with Gasteiger partial charge in [-0.05, 0) is 18.6 Å². The first-order valence-corrected chi connectivity index (χ1v) is 8.71. The predicted molar refractivity (Wildman–Crippen MR) is 94.9 cm³/mol. The summed E-state index contributed by atoms with van der Waals surface area (Å²) in [5.41, 5.74) is 1.05. The minimum Gasteiger partial charge on any atom is -0.461 e. The fraction of sp³-hybridized carbons (Fsp3) is 0.300. The molecule has 0 bridgehead atoms. The number of rotatable bonds is 5. The van der Waals surface area contributed by atoms with Crippen molar-refractivity contribution < 1.29 is 9.21 Å². The molecular weight excluding hydrogens is 314 g/mol. The normalized spacial score (nSPS) is 16.4. The maximum atomic E-state index is 12.2. The minimum atomic E-state index is 0.0752. The van der Waals surface area contributed by atoms with Crippen molar-refractivity contribution in [2.24, 2.45) is 0 Å². The number of imidazole rings is 1. The van der Waals surface area contributed by atoms with Crippen molar-refractivity contribution in [2.45, 2.75) is 38.3 Å². The van der Waals surface area contributed by atoms with Crippen LogP contribution in [-0.2, 0) is 24.2 Å². The largest absolute Gasteiger partial charge is 0.461 e. The van der Waals surface area contributed by atoms with Gasteiger partial charge in [-0.25, -0.2) is 4.98 Å². The van der Waals surface area contributed by atoms with Crippen molar-refractivity contribution in [2.75, 3.05) is 0 Å². The summed E-state index contributed by atoms with van der Waals surface area (Å²) in [5.74, 6) is 2.87. The molecule has 4 rings (SSSR count). The second-order valence-corrected chi connectivity index (χ2v) is 6.43. The molecule has 0 aliphatic carbocycles. The third kappa shape index (κ3) is 3.65. The molecule has 0 unspecified atom stereocenters. The molecule has 3 heterocycles. The summed E-state index contributed by atoms with van der Waals surface area (Å²) in [4.78, 5) is 16.5. The number of carbonyl (C=O) groups is 1. The van der Waals surface area contributed by atoms with Crippen LogP contribution in [0.3, 0.4) is 0 Å². The summed E-state index contributed by atoms with van der Waals surface area (Å²) in [6.07, 6.45) is 6.71. The number of nitrogens with one attached hydrogen (secondary N) is 1. The van der Waals surface area contributed by atoms with Crippen LogP contribution in [-0.4, -0.2) is 21.5 Å². The number of hydrogen-bond acceptors (Lipinski definition) is 3. The molecule has 0 radical (unpaired) electrons. The number of fused-ring (bicyclic) bond motifs is 1. The molecule has 1 N–H and O–H groups in total. The number of nitrogens with zero attached hydrogens (tertiary/aromatic N) is 2. The highest BCUT2D eigenvalue weighted by molar-refractivity contribution is 5.76. The van der Waals surface area contributed by atoms with Crippen molar-refractivity contribution in [3.8, 4) is 11.3 Å². The zero-order chi connectivity index (χ0) is 17.1. The summed E-state index contributed by atoms with van der Waals surface area (Å²) in [6, 6.07) is 14.1. The SMILES string of the molecule is O=C(CCc1ccc(-c2ccccc2)o1)N[C@H]1CCc2nccn2C1. The van der Waals surface area contributed by atoms with E-state index in [-0.39, 0.29) is 11.9 Å². The van der Waals surface area contributed by atoms with Crippen LogP contribution in [0.5, 0.6) is 0 Å². The van der Waals surface area contributed by atoms with Crippen molar-refractivity contribution >= 4 is 5.91 Å². The summed E-state index contributed by atoms with van der Waals surface area (Å²) in [6.45, 7) is 0.806. The van der Waals surface area contributed by atoms with Gasteiger partial charge in [-0.3, -0.25) is 4.79 Å². The number of aromatic nitrogens is 2. The highest BCUT2D eigenvalue weighted by atomic mass is 16.3. The van der Waals surface area contributed by atoms with Gasteiger partial charge in [0.1, 0.15) is 17.3 Å². The van der Waals surface area contributed by atoms with E-state index >= 15 is 0 Å². The lowest BCUT2D eigenvalue weighted by atomic mass is 10.1. The van der Waals surface area contributed by atoms with Gasteiger partial charge in [0.05, 0.1) is 0 Å². The van der Waals surface area contributed by atoms with Crippen molar-refractivity contribution in [1.29, 1.82) is 0 Å². The van der Waals surface area contributed by atoms with Crippen molar-refractivity contribution in [3.05, 3.63) is 66.4 Å². The first-order valence-electron chi connectivity index (χ1n) is 8.71. The standard InChI is InChI=1S/C20H21N3O2/c24-20(22-16-6-10-19-21-12-13-23(19)14-16)11-8-17-7-9-18(25-17)15-4-2-1-3-5-15/h1-5,7,9,12-13,16H,6,8,10-11,14H2,(H,22,24)/t16-/m0/s1. The zero-order valence-electron chi connectivity index (χ0n) is 14.0. The van der Waals surface area contributed by atoms with E-state index < -0.39 is 0 Å². The van der Waals surface area contributed by atoms with Gasteiger partial charge in [0.2, 0.25) is 5.91 Å². The molecule has 0 saturated heterocycles. The van der Waals surface area contributed by atoms with Crippen LogP contribution in [0.1, 0.15) is 24.4 Å². The first-order chi connectivity index (χ1) is 12.3. The van der Waals surface area contributed by atoms with E-state index in [4.69, 9.17) is 4.42 Å². The number of furan rings is 1. The highest BCUT2D eigenvalue weighted by Gasteiger charge is 2.20. The molecule has 5 heteroatoms. The summed E-state index contributed by atoms with van der Waals surface area (Å²) >= 11 is 0. The third-order valence-corrected chi connectivity index (χ3v) is 4.62. The topological polar surface area (TPSA) is 60.1 Å². The average molecular weight is 335 g/mol. The Morgan fingerprint density at radius 3 is 3.00 bits per heavy atom. The van der Waals surface area contributed by atoms with Gasteiger partial charge in [0.25, 0.3) is 0 Å². The molecule has 0 fully saturated rings. The predicted octanol–water partition coefficient (Wildman–Crippen LogP) is 3.21. The van der Waals surface area contributed by atoms with Crippen LogP contribution in [0.4, 0.5) is 0 Å². The minimum absolute atomic E-state index is 0.0752. The maximum absolute atomic E-state index is 12.2. The average Bonchev–Trinajstić information content (AvgIpc) is 3.30. The molecule has 5 nitrogen and oxygen atoms in total. The van der Waals surface area contributed by atoms with Gasteiger partial charge < -0.3 is 14.3 Å². The monoisotopic (exact) mass is 335 g/mol. The fourth-order valence-corrected chi connectivity index (χ4v) is 3.29. The third-order valence-electron chi connectivity index (χ3n) is 4.62. The van der Waals surface area contributed by atoms with E-state index in [0.29, 0.717) is 12.8 Å². The Labute approximate surface area is 146 Å². The molecule has 1 amide bonds. The second-order valence-electron chi connectivity index (χ2n) is 6.43. The molecule has 0 saturated carbocycles. The molecule has 1 aliphatic heterocycles.